The highest BCUT2D eigenvalue weighted by Gasteiger charge is 2.19. The topological polar surface area (TPSA) is 38.3 Å². The Morgan fingerprint density at radius 1 is 1.27 bits per heavy atom. The van der Waals surface area contributed by atoms with Crippen molar-refractivity contribution >= 4 is 32.6 Å². The van der Waals surface area contributed by atoms with E-state index in [1.165, 1.54) is 12.8 Å². The van der Waals surface area contributed by atoms with Crippen molar-refractivity contribution in [1.29, 1.82) is 0 Å². The van der Waals surface area contributed by atoms with Gasteiger partial charge in [-0.25, -0.2) is 0 Å². The first-order valence-corrected chi connectivity index (χ1v) is 8.51. The first-order valence-electron chi connectivity index (χ1n) is 7.72. The monoisotopic (exact) mass is 361 g/mol. The highest BCUT2D eigenvalue weighted by molar-refractivity contribution is 9.10. The Balaban J connectivity index is 1.88. The lowest BCUT2D eigenvalue weighted by Crippen LogP contribution is -2.33. The fourth-order valence-corrected chi connectivity index (χ4v) is 3.61. The molecule has 0 aliphatic heterocycles. The summed E-state index contributed by atoms with van der Waals surface area (Å²) in [5.41, 5.74) is 0.961. The zero-order valence-corrected chi connectivity index (χ0v) is 14.3. The molecule has 3 nitrogen and oxygen atoms in total. The molecule has 1 saturated carbocycles. The van der Waals surface area contributed by atoms with Gasteiger partial charge >= 0.3 is 0 Å². The van der Waals surface area contributed by atoms with Crippen molar-refractivity contribution in [2.24, 2.45) is 0 Å². The van der Waals surface area contributed by atoms with E-state index in [1.54, 1.807) is 7.11 Å². The van der Waals surface area contributed by atoms with Crippen LogP contribution in [0, 0.1) is 0 Å². The van der Waals surface area contributed by atoms with Gasteiger partial charge < -0.3 is 10.1 Å². The maximum atomic E-state index is 12.4. The summed E-state index contributed by atoms with van der Waals surface area (Å²) in [5, 5.41) is 5.33. The van der Waals surface area contributed by atoms with Crippen LogP contribution in [-0.2, 0) is 11.2 Å². The lowest BCUT2D eigenvalue weighted by Gasteiger charge is -2.15. The predicted molar refractivity (Wildman–Crippen MR) is 92.3 cm³/mol. The highest BCUT2D eigenvalue weighted by atomic mass is 79.9. The van der Waals surface area contributed by atoms with Crippen molar-refractivity contribution in [2.75, 3.05) is 7.11 Å². The smallest absolute Gasteiger partial charge is 0.224 e. The number of methoxy groups -OCH3 is 1. The van der Waals surface area contributed by atoms with Crippen LogP contribution in [0.5, 0.6) is 5.75 Å². The van der Waals surface area contributed by atoms with Crippen LogP contribution >= 0.6 is 15.9 Å². The SMILES string of the molecule is COc1ccc2cc(Br)ccc2c1CC(=O)NC1CCCC1. The summed E-state index contributed by atoms with van der Waals surface area (Å²) in [6.45, 7) is 0. The number of ether oxygens (including phenoxy) is 1. The van der Waals surface area contributed by atoms with Gasteiger partial charge in [0.25, 0.3) is 0 Å². The number of rotatable bonds is 4. The Kier molecular flexibility index (Phi) is 4.67. The summed E-state index contributed by atoms with van der Waals surface area (Å²) < 4.78 is 6.50. The molecule has 2 aromatic rings. The summed E-state index contributed by atoms with van der Waals surface area (Å²) >= 11 is 3.49. The molecular weight excluding hydrogens is 342 g/mol. The van der Waals surface area contributed by atoms with E-state index in [-0.39, 0.29) is 5.91 Å². The van der Waals surface area contributed by atoms with E-state index in [4.69, 9.17) is 4.74 Å². The molecule has 0 atom stereocenters. The van der Waals surface area contributed by atoms with Gasteiger partial charge in [0.15, 0.2) is 0 Å². The van der Waals surface area contributed by atoms with E-state index in [2.05, 4.69) is 27.3 Å². The zero-order valence-electron chi connectivity index (χ0n) is 12.7. The molecule has 0 spiro atoms. The minimum absolute atomic E-state index is 0.0839. The average molecular weight is 362 g/mol. The van der Waals surface area contributed by atoms with Gasteiger partial charge in [-0.15, -0.1) is 0 Å². The van der Waals surface area contributed by atoms with Gasteiger partial charge in [0.1, 0.15) is 5.75 Å². The molecule has 3 rings (SSSR count). The second-order valence-corrected chi connectivity index (χ2v) is 6.75. The third-order valence-electron chi connectivity index (χ3n) is 4.33. The first-order chi connectivity index (χ1) is 10.7. The van der Waals surface area contributed by atoms with Crippen molar-refractivity contribution in [1.82, 2.24) is 5.32 Å². The largest absolute Gasteiger partial charge is 0.496 e. The van der Waals surface area contributed by atoms with Crippen molar-refractivity contribution in [3.8, 4) is 5.75 Å². The Hall–Kier alpha value is -1.55. The van der Waals surface area contributed by atoms with Crippen molar-refractivity contribution < 1.29 is 9.53 Å². The van der Waals surface area contributed by atoms with Gasteiger partial charge in [-0.1, -0.05) is 40.9 Å². The molecule has 0 saturated heterocycles. The van der Waals surface area contributed by atoms with E-state index in [0.717, 1.165) is 39.4 Å². The molecule has 22 heavy (non-hydrogen) atoms. The molecule has 1 fully saturated rings. The van der Waals surface area contributed by atoms with E-state index in [0.29, 0.717) is 12.5 Å². The summed E-state index contributed by atoms with van der Waals surface area (Å²) in [5.74, 6) is 0.858. The van der Waals surface area contributed by atoms with E-state index in [9.17, 15) is 4.79 Å². The standard InChI is InChI=1S/C18H20BrNO2/c1-22-17-9-6-12-10-13(19)7-8-15(12)16(17)11-18(21)20-14-4-2-3-5-14/h6-10,14H,2-5,11H2,1H3,(H,20,21). The summed E-state index contributed by atoms with van der Waals surface area (Å²) in [4.78, 5) is 12.4. The maximum absolute atomic E-state index is 12.4. The Morgan fingerprint density at radius 3 is 2.77 bits per heavy atom. The normalized spacial score (nSPS) is 15.2. The number of carbonyl (C=O) groups excluding carboxylic acids is 1. The van der Waals surface area contributed by atoms with Crippen LogP contribution < -0.4 is 10.1 Å². The van der Waals surface area contributed by atoms with Crippen molar-refractivity contribution in [2.45, 2.75) is 38.1 Å². The molecular formula is C18H20BrNO2. The lowest BCUT2D eigenvalue weighted by atomic mass is 10.0. The van der Waals surface area contributed by atoms with Crippen LogP contribution in [0.4, 0.5) is 0 Å². The van der Waals surface area contributed by atoms with Gasteiger partial charge in [-0.05, 0) is 41.8 Å². The number of hydrogen-bond donors (Lipinski definition) is 1. The molecule has 2 aromatic carbocycles. The molecule has 1 aliphatic carbocycles. The van der Waals surface area contributed by atoms with E-state index < -0.39 is 0 Å². The van der Waals surface area contributed by atoms with Crippen molar-refractivity contribution in [3.63, 3.8) is 0 Å². The fraction of sp³-hybridized carbons (Fsp3) is 0.389. The minimum Gasteiger partial charge on any atom is -0.496 e. The van der Waals surface area contributed by atoms with Crippen LogP contribution in [0.25, 0.3) is 10.8 Å². The molecule has 4 heteroatoms. The number of nitrogens with one attached hydrogen (secondary N) is 1. The highest BCUT2D eigenvalue weighted by Crippen LogP contribution is 2.30. The summed E-state index contributed by atoms with van der Waals surface area (Å²) in [6, 6.07) is 10.4. The second-order valence-electron chi connectivity index (χ2n) is 5.84. The number of hydrogen-bond acceptors (Lipinski definition) is 2. The van der Waals surface area contributed by atoms with Gasteiger partial charge in [0, 0.05) is 16.1 Å². The van der Waals surface area contributed by atoms with Crippen LogP contribution in [0.3, 0.4) is 0 Å². The number of halogens is 1. The fourth-order valence-electron chi connectivity index (χ4n) is 3.23. The first kappa shape index (κ1) is 15.3. The predicted octanol–water partition coefficient (Wildman–Crippen LogP) is 4.21. The molecule has 1 amide bonds. The lowest BCUT2D eigenvalue weighted by molar-refractivity contribution is -0.121. The van der Waals surface area contributed by atoms with Crippen molar-refractivity contribution in [3.05, 3.63) is 40.4 Å². The van der Waals surface area contributed by atoms with Crippen LogP contribution in [-0.4, -0.2) is 19.1 Å². The van der Waals surface area contributed by atoms with Gasteiger partial charge in [0.2, 0.25) is 5.91 Å². The van der Waals surface area contributed by atoms with Gasteiger partial charge in [0.05, 0.1) is 13.5 Å². The maximum Gasteiger partial charge on any atom is 0.224 e. The molecule has 0 radical (unpaired) electrons. The average Bonchev–Trinajstić information content (AvgIpc) is 3.00. The summed E-state index contributed by atoms with van der Waals surface area (Å²) in [7, 11) is 1.65. The number of fused-ring (bicyclic) bond motifs is 1. The Labute approximate surface area is 139 Å². The van der Waals surface area contributed by atoms with E-state index in [1.807, 2.05) is 24.3 Å². The number of carbonyl (C=O) groups is 1. The number of benzene rings is 2. The molecule has 0 heterocycles. The molecule has 1 N–H and O–H groups in total. The Bertz CT molecular complexity index is 693. The quantitative estimate of drug-likeness (QED) is 0.885. The molecule has 0 bridgehead atoms. The molecule has 0 unspecified atom stereocenters. The third-order valence-corrected chi connectivity index (χ3v) is 4.82. The van der Waals surface area contributed by atoms with Crippen LogP contribution in [0.1, 0.15) is 31.2 Å². The zero-order chi connectivity index (χ0) is 15.5. The molecule has 0 aromatic heterocycles. The van der Waals surface area contributed by atoms with Gasteiger partial charge in [-0.2, -0.15) is 0 Å². The van der Waals surface area contributed by atoms with Crippen LogP contribution in [0.2, 0.25) is 0 Å². The van der Waals surface area contributed by atoms with Gasteiger partial charge in [-0.3, -0.25) is 4.79 Å². The van der Waals surface area contributed by atoms with Crippen LogP contribution in [0.15, 0.2) is 34.8 Å². The molecule has 1 aliphatic rings. The third kappa shape index (κ3) is 3.27. The second kappa shape index (κ2) is 6.69. The minimum atomic E-state index is 0.0839. The van der Waals surface area contributed by atoms with E-state index >= 15 is 0 Å². The Morgan fingerprint density at radius 2 is 2.05 bits per heavy atom. The molecule has 116 valence electrons. The number of amides is 1. The summed E-state index contributed by atoms with van der Waals surface area (Å²) in [6.07, 6.45) is 5.00.